The fraction of sp³-hybridized carbons (Fsp3) is 0.500. The highest BCUT2D eigenvalue weighted by Gasteiger charge is 2.14. The van der Waals surface area contributed by atoms with Crippen LogP contribution in [0.3, 0.4) is 0 Å². The third-order valence-corrected chi connectivity index (χ3v) is 6.35. The van der Waals surface area contributed by atoms with E-state index in [1.165, 1.54) is 54.7 Å². The van der Waals surface area contributed by atoms with Crippen LogP contribution in [0.1, 0.15) is 36.0 Å². The Bertz CT molecular complexity index is 855. The molecule has 0 atom stereocenters. The van der Waals surface area contributed by atoms with Gasteiger partial charge in [0.2, 0.25) is 0 Å². The molecule has 2 saturated heterocycles. The van der Waals surface area contributed by atoms with Crippen molar-refractivity contribution in [2.24, 2.45) is 4.99 Å². The Balaban J connectivity index is 1.26. The summed E-state index contributed by atoms with van der Waals surface area (Å²) < 4.78 is 5.51. The number of aliphatic imine (C=N–C) groups is 1. The zero-order valence-corrected chi connectivity index (χ0v) is 19.4. The van der Waals surface area contributed by atoms with Gasteiger partial charge in [-0.2, -0.15) is 0 Å². The predicted octanol–water partition coefficient (Wildman–Crippen LogP) is 3.37. The summed E-state index contributed by atoms with van der Waals surface area (Å²) in [4.78, 5) is 9.38. The minimum Gasteiger partial charge on any atom is -0.378 e. The minimum atomic E-state index is 0.738. The van der Waals surface area contributed by atoms with E-state index in [0.717, 1.165) is 51.9 Å². The molecule has 2 aromatic rings. The van der Waals surface area contributed by atoms with Gasteiger partial charge in [-0.25, -0.2) is 0 Å². The van der Waals surface area contributed by atoms with Crippen molar-refractivity contribution in [2.45, 2.75) is 38.9 Å². The number of nitrogens with one attached hydrogen (secondary N) is 2. The maximum absolute atomic E-state index is 5.51. The van der Waals surface area contributed by atoms with Crippen molar-refractivity contribution < 1.29 is 4.74 Å². The molecule has 6 heteroatoms. The smallest absolute Gasteiger partial charge is 0.191 e. The SMILES string of the molecule is CN=C(NCc1ccc(CN2CCCCC2)cc1)NCc1ccccc1N1CCOCC1. The average Bonchev–Trinajstić information content (AvgIpc) is 2.86. The second-order valence-corrected chi connectivity index (χ2v) is 8.66. The first-order valence-electron chi connectivity index (χ1n) is 12.0. The monoisotopic (exact) mass is 435 g/mol. The van der Waals surface area contributed by atoms with E-state index >= 15 is 0 Å². The Morgan fingerprint density at radius 2 is 1.53 bits per heavy atom. The Hall–Kier alpha value is -2.57. The molecule has 4 rings (SSSR count). The van der Waals surface area contributed by atoms with Crippen molar-refractivity contribution in [1.82, 2.24) is 15.5 Å². The third kappa shape index (κ3) is 6.47. The summed E-state index contributed by atoms with van der Waals surface area (Å²) in [7, 11) is 1.82. The number of piperidine rings is 1. The van der Waals surface area contributed by atoms with Crippen molar-refractivity contribution in [2.75, 3.05) is 51.3 Å². The minimum absolute atomic E-state index is 0.738. The Labute approximate surface area is 192 Å². The van der Waals surface area contributed by atoms with E-state index < -0.39 is 0 Å². The molecule has 2 aromatic carbocycles. The van der Waals surface area contributed by atoms with Gasteiger partial charge in [0.05, 0.1) is 13.2 Å². The number of rotatable bonds is 7. The van der Waals surface area contributed by atoms with Crippen LogP contribution in [0.4, 0.5) is 5.69 Å². The van der Waals surface area contributed by atoms with Gasteiger partial charge in [-0.3, -0.25) is 9.89 Å². The first-order valence-corrected chi connectivity index (χ1v) is 12.0. The van der Waals surface area contributed by atoms with Crippen LogP contribution in [0.25, 0.3) is 0 Å². The number of nitrogens with zero attached hydrogens (tertiary/aromatic N) is 3. The van der Waals surface area contributed by atoms with Gasteiger partial charge in [-0.1, -0.05) is 48.9 Å². The number of para-hydroxylation sites is 1. The van der Waals surface area contributed by atoms with Crippen LogP contribution in [0.2, 0.25) is 0 Å². The molecule has 2 N–H and O–H groups in total. The number of hydrogen-bond acceptors (Lipinski definition) is 4. The van der Waals surface area contributed by atoms with Gasteiger partial charge in [0.15, 0.2) is 5.96 Å². The topological polar surface area (TPSA) is 52.1 Å². The van der Waals surface area contributed by atoms with E-state index in [-0.39, 0.29) is 0 Å². The standard InChI is InChI=1S/C26H37N5O/c1-27-26(29-20-24-7-3-4-8-25(24)31-15-17-32-18-16-31)28-19-22-9-11-23(12-10-22)21-30-13-5-2-6-14-30/h3-4,7-12H,2,5-6,13-21H2,1H3,(H2,27,28,29). The fourth-order valence-corrected chi connectivity index (χ4v) is 4.50. The number of likely N-dealkylation sites (tertiary alicyclic amines) is 1. The van der Waals surface area contributed by atoms with Gasteiger partial charge >= 0.3 is 0 Å². The normalized spacial score (nSPS) is 17.9. The molecule has 172 valence electrons. The lowest BCUT2D eigenvalue weighted by atomic mass is 10.1. The lowest BCUT2D eigenvalue weighted by Gasteiger charge is -2.30. The molecule has 0 spiro atoms. The maximum atomic E-state index is 5.51. The molecule has 0 aliphatic carbocycles. The quantitative estimate of drug-likeness (QED) is 0.516. The van der Waals surface area contributed by atoms with E-state index in [2.05, 4.69) is 74.0 Å². The molecule has 2 aliphatic rings. The van der Waals surface area contributed by atoms with Crippen molar-refractivity contribution in [3.63, 3.8) is 0 Å². The molecular formula is C26H37N5O. The molecule has 6 nitrogen and oxygen atoms in total. The average molecular weight is 436 g/mol. The second kappa shape index (κ2) is 11.9. The molecule has 0 bridgehead atoms. The highest BCUT2D eigenvalue weighted by atomic mass is 16.5. The van der Waals surface area contributed by atoms with Gasteiger partial charge in [-0.15, -0.1) is 0 Å². The Morgan fingerprint density at radius 3 is 2.28 bits per heavy atom. The number of hydrogen-bond donors (Lipinski definition) is 2. The summed E-state index contributed by atoms with van der Waals surface area (Å²) in [6.07, 6.45) is 4.06. The van der Waals surface area contributed by atoms with Crippen LogP contribution in [-0.2, 0) is 24.4 Å². The molecule has 0 unspecified atom stereocenters. The second-order valence-electron chi connectivity index (χ2n) is 8.66. The Kier molecular flexibility index (Phi) is 8.40. The zero-order chi connectivity index (χ0) is 22.0. The molecule has 2 fully saturated rings. The summed E-state index contributed by atoms with van der Waals surface area (Å²) in [5.74, 6) is 0.819. The van der Waals surface area contributed by atoms with E-state index in [9.17, 15) is 0 Å². The number of morpholine rings is 1. The van der Waals surface area contributed by atoms with Crippen LogP contribution in [0.15, 0.2) is 53.5 Å². The van der Waals surface area contributed by atoms with Gasteiger partial charge in [0.25, 0.3) is 0 Å². The number of guanidine groups is 1. The summed E-state index contributed by atoms with van der Waals surface area (Å²) >= 11 is 0. The molecular weight excluding hydrogens is 398 g/mol. The number of anilines is 1. The Morgan fingerprint density at radius 1 is 0.844 bits per heavy atom. The van der Waals surface area contributed by atoms with Crippen molar-refractivity contribution in [3.05, 3.63) is 65.2 Å². The first kappa shape index (κ1) is 22.6. The fourth-order valence-electron chi connectivity index (χ4n) is 4.50. The number of benzene rings is 2. The summed E-state index contributed by atoms with van der Waals surface area (Å²) in [5.41, 5.74) is 5.23. The third-order valence-electron chi connectivity index (χ3n) is 6.35. The van der Waals surface area contributed by atoms with E-state index in [1.807, 2.05) is 7.05 Å². The zero-order valence-electron chi connectivity index (χ0n) is 19.4. The van der Waals surface area contributed by atoms with Crippen molar-refractivity contribution >= 4 is 11.6 Å². The van der Waals surface area contributed by atoms with Gasteiger partial charge in [0.1, 0.15) is 0 Å². The van der Waals surface area contributed by atoms with E-state index in [1.54, 1.807) is 0 Å². The highest BCUT2D eigenvalue weighted by molar-refractivity contribution is 5.79. The first-order chi connectivity index (χ1) is 15.8. The van der Waals surface area contributed by atoms with E-state index in [4.69, 9.17) is 4.74 Å². The lowest BCUT2D eigenvalue weighted by Crippen LogP contribution is -2.39. The predicted molar refractivity (Wildman–Crippen MR) is 132 cm³/mol. The van der Waals surface area contributed by atoms with Crippen LogP contribution in [0, 0.1) is 0 Å². The summed E-state index contributed by atoms with van der Waals surface area (Å²) in [6.45, 7) is 8.51. The lowest BCUT2D eigenvalue weighted by molar-refractivity contribution is 0.122. The van der Waals surface area contributed by atoms with Crippen molar-refractivity contribution in [1.29, 1.82) is 0 Å². The highest BCUT2D eigenvalue weighted by Crippen LogP contribution is 2.21. The van der Waals surface area contributed by atoms with Crippen molar-refractivity contribution in [3.8, 4) is 0 Å². The maximum Gasteiger partial charge on any atom is 0.191 e. The van der Waals surface area contributed by atoms with Gasteiger partial charge in [-0.05, 0) is 48.7 Å². The van der Waals surface area contributed by atoms with Gasteiger partial charge in [0, 0.05) is 45.5 Å². The summed E-state index contributed by atoms with van der Waals surface area (Å²) in [5, 5.41) is 6.93. The van der Waals surface area contributed by atoms with Gasteiger partial charge < -0.3 is 20.3 Å². The summed E-state index contributed by atoms with van der Waals surface area (Å²) in [6, 6.07) is 17.6. The molecule has 0 amide bonds. The van der Waals surface area contributed by atoms with Crippen LogP contribution < -0.4 is 15.5 Å². The number of ether oxygens (including phenoxy) is 1. The van der Waals surface area contributed by atoms with Crippen LogP contribution >= 0.6 is 0 Å². The molecule has 0 radical (unpaired) electrons. The van der Waals surface area contributed by atoms with E-state index in [0.29, 0.717) is 0 Å². The molecule has 2 aliphatic heterocycles. The van der Waals surface area contributed by atoms with Crippen LogP contribution in [0.5, 0.6) is 0 Å². The molecule has 0 aromatic heterocycles. The van der Waals surface area contributed by atoms with Crippen LogP contribution in [-0.4, -0.2) is 57.3 Å². The molecule has 2 heterocycles. The molecule has 32 heavy (non-hydrogen) atoms. The molecule has 0 saturated carbocycles. The largest absolute Gasteiger partial charge is 0.378 e.